The average Bonchev–Trinajstić information content (AvgIpc) is 3.43. The quantitative estimate of drug-likeness (QED) is 0.523. The third kappa shape index (κ3) is 3.41. The second-order valence-electron chi connectivity index (χ2n) is 7.33. The SMILES string of the molecule is Fc1cccc(COc2ccc(-c3nc([C@@H]4CCCN4)n4ccncc34)cc2)c1F. The summed E-state index contributed by atoms with van der Waals surface area (Å²) in [5.41, 5.74) is 2.92. The minimum absolute atomic E-state index is 0.0439. The van der Waals surface area contributed by atoms with E-state index >= 15 is 0 Å². The molecule has 4 aromatic rings. The highest BCUT2D eigenvalue weighted by Gasteiger charge is 2.23. The lowest BCUT2D eigenvalue weighted by Crippen LogP contribution is -2.15. The molecule has 152 valence electrons. The molecule has 5 rings (SSSR count). The van der Waals surface area contributed by atoms with Gasteiger partial charge in [0, 0.05) is 23.5 Å². The molecule has 1 atom stereocenters. The lowest BCUT2D eigenvalue weighted by molar-refractivity contribution is 0.297. The maximum Gasteiger partial charge on any atom is 0.165 e. The van der Waals surface area contributed by atoms with Gasteiger partial charge in [0.2, 0.25) is 0 Å². The number of nitrogens with one attached hydrogen (secondary N) is 1. The molecular weight excluding hydrogens is 386 g/mol. The summed E-state index contributed by atoms with van der Waals surface area (Å²) in [6, 6.07) is 11.7. The molecule has 1 saturated heterocycles. The molecule has 0 spiro atoms. The normalized spacial score (nSPS) is 16.3. The molecule has 2 aromatic carbocycles. The predicted octanol–water partition coefficient (Wildman–Crippen LogP) is 4.68. The van der Waals surface area contributed by atoms with Crippen LogP contribution in [0.25, 0.3) is 16.8 Å². The molecule has 1 aliphatic rings. The Morgan fingerprint density at radius 1 is 1.13 bits per heavy atom. The number of rotatable bonds is 5. The predicted molar refractivity (Wildman–Crippen MR) is 109 cm³/mol. The average molecular weight is 406 g/mol. The van der Waals surface area contributed by atoms with E-state index in [-0.39, 0.29) is 18.2 Å². The van der Waals surface area contributed by atoms with Crippen molar-refractivity contribution >= 4 is 5.52 Å². The molecular formula is C23H20F2N4O. The summed E-state index contributed by atoms with van der Waals surface area (Å²) in [6.45, 7) is 0.954. The summed E-state index contributed by atoms with van der Waals surface area (Å²) in [5.74, 6) is -0.193. The van der Waals surface area contributed by atoms with E-state index in [9.17, 15) is 8.78 Å². The summed E-state index contributed by atoms with van der Waals surface area (Å²) < 4.78 is 34.9. The molecule has 0 amide bonds. The number of fused-ring (bicyclic) bond motifs is 1. The molecule has 30 heavy (non-hydrogen) atoms. The number of hydrogen-bond acceptors (Lipinski definition) is 4. The molecule has 0 unspecified atom stereocenters. The molecule has 3 heterocycles. The van der Waals surface area contributed by atoms with Gasteiger partial charge in [0.15, 0.2) is 11.6 Å². The molecule has 1 fully saturated rings. The maximum atomic E-state index is 13.8. The van der Waals surface area contributed by atoms with Crippen LogP contribution in [0.4, 0.5) is 8.78 Å². The molecule has 7 heteroatoms. The zero-order valence-corrected chi connectivity index (χ0v) is 16.2. The highest BCUT2D eigenvalue weighted by Crippen LogP contribution is 2.31. The van der Waals surface area contributed by atoms with Gasteiger partial charge in [-0.25, -0.2) is 13.8 Å². The van der Waals surface area contributed by atoms with Gasteiger partial charge in [-0.2, -0.15) is 0 Å². The number of nitrogens with zero attached hydrogens (tertiary/aromatic N) is 3. The minimum Gasteiger partial charge on any atom is -0.489 e. The summed E-state index contributed by atoms with van der Waals surface area (Å²) in [7, 11) is 0. The molecule has 5 nitrogen and oxygen atoms in total. The monoisotopic (exact) mass is 406 g/mol. The fourth-order valence-corrected chi connectivity index (χ4v) is 3.86. The summed E-state index contributed by atoms with van der Waals surface area (Å²) >= 11 is 0. The van der Waals surface area contributed by atoms with Gasteiger partial charge >= 0.3 is 0 Å². The second-order valence-corrected chi connectivity index (χ2v) is 7.33. The smallest absolute Gasteiger partial charge is 0.165 e. The van der Waals surface area contributed by atoms with Crippen LogP contribution in [0.2, 0.25) is 0 Å². The minimum atomic E-state index is -0.876. The van der Waals surface area contributed by atoms with Crippen molar-refractivity contribution in [3.63, 3.8) is 0 Å². The van der Waals surface area contributed by atoms with Gasteiger partial charge < -0.3 is 10.1 Å². The number of ether oxygens (including phenoxy) is 1. The van der Waals surface area contributed by atoms with Crippen LogP contribution >= 0.6 is 0 Å². The van der Waals surface area contributed by atoms with Gasteiger partial charge in [-0.1, -0.05) is 12.1 Å². The topological polar surface area (TPSA) is 51.5 Å². The van der Waals surface area contributed by atoms with Gasteiger partial charge in [0.05, 0.1) is 23.4 Å². The van der Waals surface area contributed by atoms with Gasteiger partial charge in [0.25, 0.3) is 0 Å². The van der Waals surface area contributed by atoms with Crippen LogP contribution in [-0.4, -0.2) is 20.9 Å². The van der Waals surface area contributed by atoms with Crippen molar-refractivity contribution in [3.05, 3.63) is 84.1 Å². The molecule has 0 radical (unpaired) electrons. The Hall–Kier alpha value is -3.32. The van der Waals surface area contributed by atoms with Crippen molar-refractivity contribution in [2.45, 2.75) is 25.5 Å². The van der Waals surface area contributed by atoms with Crippen molar-refractivity contribution in [1.82, 2.24) is 19.7 Å². The Labute approximate surface area is 172 Å². The first-order valence-electron chi connectivity index (χ1n) is 9.92. The molecule has 0 saturated carbocycles. The Kier molecular flexibility index (Phi) is 4.88. The van der Waals surface area contributed by atoms with Crippen LogP contribution in [0, 0.1) is 11.6 Å². The zero-order valence-electron chi connectivity index (χ0n) is 16.2. The number of imidazole rings is 1. The number of aromatic nitrogens is 3. The Balaban J connectivity index is 1.40. The third-order valence-electron chi connectivity index (χ3n) is 5.40. The number of halogens is 2. The van der Waals surface area contributed by atoms with Crippen LogP contribution < -0.4 is 10.1 Å². The molecule has 1 aliphatic heterocycles. The van der Waals surface area contributed by atoms with E-state index in [1.165, 1.54) is 12.1 Å². The lowest BCUT2D eigenvalue weighted by Gasteiger charge is -2.08. The van der Waals surface area contributed by atoms with Crippen LogP contribution in [0.5, 0.6) is 5.75 Å². The van der Waals surface area contributed by atoms with Crippen molar-refractivity contribution in [1.29, 1.82) is 0 Å². The van der Waals surface area contributed by atoms with Crippen LogP contribution in [-0.2, 0) is 6.61 Å². The Bertz CT molecular complexity index is 1180. The van der Waals surface area contributed by atoms with Crippen molar-refractivity contribution in [2.75, 3.05) is 6.54 Å². The van der Waals surface area contributed by atoms with Crippen molar-refractivity contribution in [2.24, 2.45) is 0 Å². The van der Waals surface area contributed by atoms with Gasteiger partial charge in [-0.3, -0.25) is 9.38 Å². The molecule has 0 bridgehead atoms. The first kappa shape index (κ1) is 18.7. The van der Waals surface area contributed by atoms with E-state index in [1.807, 2.05) is 36.7 Å². The van der Waals surface area contributed by atoms with Gasteiger partial charge in [-0.15, -0.1) is 0 Å². The van der Waals surface area contributed by atoms with E-state index in [2.05, 4.69) is 14.7 Å². The fraction of sp³-hybridized carbons (Fsp3) is 0.217. The van der Waals surface area contributed by atoms with Crippen LogP contribution in [0.3, 0.4) is 0 Å². The van der Waals surface area contributed by atoms with E-state index in [0.717, 1.165) is 48.1 Å². The Morgan fingerprint density at radius 2 is 2.00 bits per heavy atom. The summed E-state index contributed by atoms with van der Waals surface area (Å²) in [4.78, 5) is 9.18. The van der Waals surface area contributed by atoms with Crippen LogP contribution in [0.1, 0.15) is 30.3 Å². The highest BCUT2D eigenvalue weighted by molar-refractivity contribution is 5.77. The van der Waals surface area contributed by atoms with Gasteiger partial charge in [0.1, 0.15) is 18.2 Å². The first-order valence-corrected chi connectivity index (χ1v) is 9.92. The zero-order chi connectivity index (χ0) is 20.5. The number of hydrogen-bond donors (Lipinski definition) is 1. The lowest BCUT2D eigenvalue weighted by atomic mass is 10.1. The summed E-state index contributed by atoms with van der Waals surface area (Å²) in [6.07, 6.45) is 7.71. The second kappa shape index (κ2) is 7.84. The van der Waals surface area contributed by atoms with Crippen LogP contribution in [0.15, 0.2) is 61.1 Å². The number of benzene rings is 2. The molecule has 1 N–H and O–H groups in total. The van der Waals surface area contributed by atoms with E-state index in [4.69, 9.17) is 9.72 Å². The van der Waals surface area contributed by atoms with Crippen molar-refractivity contribution < 1.29 is 13.5 Å². The standard InChI is InChI=1S/C23H20F2N4O/c24-18-4-1-3-16(21(18)25)14-30-17-8-6-15(7-9-17)22-20-13-26-11-12-29(20)23(28-22)19-5-2-10-27-19/h1,3-4,6-9,11-13,19,27H,2,5,10,14H2/t19-/m0/s1. The van der Waals surface area contributed by atoms with E-state index < -0.39 is 11.6 Å². The molecule has 0 aliphatic carbocycles. The van der Waals surface area contributed by atoms with Crippen molar-refractivity contribution in [3.8, 4) is 17.0 Å². The maximum absolute atomic E-state index is 13.8. The van der Waals surface area contributed by atoms with Gasteiger partial charge in [-0.05, 0) is 49.7 Å². The molecule has 2 aromatic heterocycles. The summed E-state index contributed by atoms with van der Waals surface area (Å²) in [5, 5.41) is 3.50. The third-order valence-corrected chi connectivity index (χ3v) is 5.40. The fourth-order valence-electron chi connectivity index (χ4n) is 3.86. The largest absolute Gasteiger partial charge is 0.489 e. The Morgan fingerprint density at radius 3 is 2.80 bits per heavy atom. The van der Waals surface area contributed by atoms with E-state index in [0.29, 0.717) is 5.75 Å². The highest BCUT2D eigenvalue weighted by atomic mass is 19.2. The van der Waals surface area contributed by atoms with E-state index in [1.54, 1.807) is 6.20 Å². The first-order chi connectivity index (χ1) is 14.7.